The molecule has 2 aliphatic carbocycles. The van der Waals surface area contributed by atoms with Gasteiger partial charge < -0.3 is 25.0 Å². The van der Waals surface area contributed by atoms with Crippen molar-refractivity contribution in [1.82, 2.24) is 24.5 Å². The fourth-order valence-corrected chi connectivity index (χ4v) is 12.2. The summed E-state index contributed by atoms with van der Waals surface area (Å²) in [5, 5.41) is 26.4. The number of aliphatic hydroxyl groups is 1. The third-order valence-corrected chi connectivity index (χ3v) is 16.8. The highest BCUT2D eigenvalue weighted by atomic mass is 32.2. The van der Waals surface area contributed by atoms with Gasteiger partial charge in [0.15, 0.2) is 0 Å². The van der Waals surface area contributed by atoms with E-state index >= 15 is 0 Å². The zero-order valence-corrected chi connectivity index (χ0v) is 40.7. The van der Waals surface area contributed by atoms with E-state index in [9.17, 15) is 28.4 Å². The number of hydrogen-bond donors (Lipinski definition) is 4. The van der Waals surface area contributed by atoms with Crippen LogP contribution in [0.15, 0.2) is 90.1 Å². The number of carbonyl (C=O) groups is 1. The first-order valence-corrected chi connectivity index (χ1v) is 25.9. The molecule has 9 rings (SSSR count). The fourth-order valence-electron chi connectivity index (χ4n) is 11.2. The molecule has 1 amide bonds. The molecule has 16 heteroatoms. The average molecular weight is 947 g/mol. The number of nitro benzene ring substituents is 1. The molecule has 1 spiro atoms. The smallest absolute Gasteiger partial charge is 0.293 e. The Balaban J connectivity index is 0.900. The van der Waals surface area contributed by atoms with Crippen LogP contribution in [0.5, 0.6) is 11.5 Å². The topological polar surface area (TPSA) is 186 Å². The van der Waals surface area contributed by atoms with Gasteiger partial charge in [0, 0.05) is 86.8 Å². The number of aromatic nitrogens is 2. The molecule has 2 aliphatic heterocycles. The predicted molar refractivity (Wildman–Crippen MR) is 265 cm³/mol. The van der Waals surface area contributed by atoms with E-state index in [1.165, 1.54) is 36.1 Å². The van der Waals surface area contributed by atoms with E-state index in [1.54, 1.807) is 30.6 Å². The van der Waals surface area contributed by atoms with Crippen molar-refractivity contribution in [3.63, 3.8) is 0 Å². The van der Waals surface area contributed by atoms with Crippen molar-refractivity contribution in [1.29, 1.82) is 0 Å². The molecule has 1 atom stereocenters. The van der Waals surface area contributed by atoms with Crippen LogP contribution in [0.1, 0.15) is 119 Å². The Labute approximate surface area is 399 Å². The Morgan fingerprint density at radius 1 is 0.971 bits per heavy atom. The van der Waals surface area contributed by atoms with Gasteiger partial charge in [0.05, 0.1) is 27.2 Å². The number of benzene rings is 3. The van der Waals surface area contributed by atoms with Crippen LogP contribution in [-0.2, 0) is 10.0 Å². The number of hydrogen-bond acceptors (Lipinski definition) is 12. The zero-order chi connectivity index (χ0) is 48.0. The number of nitro groups is 1. The lowest BCUT2D eigenvalue weighted by atomic mass is 9.59. The van der Waals surface area contributed by atoms with Crippen LogP contribution in [0.3, 0.4) is 0 Å². The van der Waals surface area contributed by atoms with Gasteiger partial charge in [-0.3, -0.25) is 24.7 Å². The number of carbonyl (C=O) groups excluding carboxylic acids is 1. The molecule has 2 saturated carbocycles. The molecule has 0 bridgehead atoms. The maximum Gasteiger partial charge on any atom is 0.293 e. The summed E-state index contributed by atoms with van der Waals surface area (Å²) in [4.78, 5) is 40.5. The predicted octanol–water partition coefficient (Wildman–Crippen LogP) is 9.37. The van der Waals surface area contributed by atoms with Crippen molar-refractivity contribution in [3.8, 4) is 11.5 Å². The Kier molecular flexibility index (Phi) is 13.3. The molecule has 0 unspecified atom stereocenters. The molecule has 5 aromatic rings. The maximum absolute atomic E-state index is 14.0. The number of nitrogens with one attached hydrogen (secondary N) is 3. The minimum atomic E-state index is -4.57. The minimum absolute atomic E-state index is 0.0211. The van der Waals surface area contributed by atoms with Gasteiger partial charge in [-0.2, -0.15) is 0 Å². The number of sulfonamides is 1. The first-order chi connectivity index (χ1) is 32.5. The molecule has 4 N–H and O–H groups in total. The van der Waals surface area contributed by atoms with Gasteiger partial charge >= 0.3 is 0 Å². The van der Waals surface area contributed by atoms with Crippen LogP contribution < -0.4 is 19.7 Å². The second-order valence-electron chi connectivity index (χ2n) is 20.7. The molecular formula is C52H66N8O7S. The Morgan fingerprint density at radius 2 is 1.72 bits per heavy atom. The second kappa shape index (κ2) is 19.1. The summed E-state index contributed by atoms with van der Waals surface area (Å²) in [5.41, 5.74) is 3.72. The molecule has 2 aromatic heterocycles. The molecule has 4 heterocycles. The molecule has 15 nitrogen and oxygen atoms in total. The van der Waals surface area contributed by atoms with Crippen LogP contribution in [0, 0.1) is 21.4 Å². The Morgan fingerprint density at radius 3 is 2.44 bits per heavy atom. The number of fused-ring (bicyclic) bond motifs is 1. The standard InChI is InChI=1S/C52H66N8O7S/c1-34(2)42-8-6-7-9-43(42)47-33-58(35(3)4)24-25-59(47)39-29-52(30-39)19-22-57(23-20-52)38-10-12-44(48(27-38)67-40-26-37-16-21-53-49(37)55-32-40)50(61)56-68(65,66)41-11-13-45(46(28-41)60(63)64)54-31-36-14-17-51(5,62)18-15-36/h6-13,16,21,26-28,32,34-36,39,47,54,62H,14-15,17-20,22-25,29-31,33H2,1-5H3,(H,53,55)(H,56,61)/t36-,47-,51-/m1/s1. The second-order valence-corrected chi connectivity index (χ2v) is 22.4. The summed E-state index contributed by atoms with van der Waals surface area (Å²) in [5.74, 6) is 0.236. The quantitative estimate of drug-likeness (QED) is 0.0612. The van der Waals surface area contributed by atoms with E-state index < -0.39 is 37.0 Å². The van der Waals surface area contributed by atoms with Crippen molar-refractivity contribution in [3.05, 3.63) is 112 Å². The maximum atomic E-state index is 14.0. The van der Waals surface area contributed by atoms with Crippen molar-refractivity contribution in [2.24, 2.45) is 11.3 Å². The summed E-state index contributed by atoms with van der Waals surface area (Å²) in [6, 6.07) is 22.8. The highest BCUT2D eigenvalue weighted by Gasteiger charge is 2.50. The third-order valence-electron chi connectivity index (χ3n) is 15.4. The van der Waals surface area contributed by atoms with E-state index in [2.05, 4.69) is 86.7 Å². The minimum Gasteiger partial charge on any atom is -0.455 e. The normalized spacial score (nSPS) is 22.7. The van der Waals surface area contributed by atoms with E-state index in [0.717, 1.165) is 75.5 Å². The van der Waals surface area contributed by atoms with Crippen LogP contribution in [0.4, 0.5) is 17.1 Å². The van der Waals surface area contributed by atoms with Gasteiger partial charge in [-0.15, -0.1) is 0 Å². The third kappa shape index (κ3) is 10.1. The van der Waals surface area contributed by atoms with Crippen molar-refractivity contribution in [2.45, 2.75) is 121 Å². The number of aromatic amines is 1. The lowest BCUT2D eigenvalue weighted by Crippen LogP contribution is -2.60. The lowest BCUT2D eigenvalue weighted by Gasteiger charge is -2.58. The lowest BCUT2D eigenvalue weighted by molar-refractivity contribution is -0.384. The van der Waals surface area contributed by atoms with Gasteiger partial charge in [0.2, 0.25) is 0 Å². The number of anilines is 2. The summed E-state index contributed by atoms with van der Waals surface area (Å²) in [6.07, 6.45) is 10.5. The monoisotopic (exact) mass is 946 g/mol. The SMILES string of the molecule is CC(C)c1ccccc1[C@H]1CN(C(C)C)CCN1C1CC2(CCN(c3ccc(C(=O)NS(=O)(=O)c4ccc(NC[C@H]5CC[C@](C)(O)CC5)c([N+](=O)[O-])c4)c(Oc4cnc5[nH]ccc5c4)c3)CC2)C1. The summed E-state index contributed by atoms with van der Waals surface area (Å²) >= 11 is 0. The van der Waals surface area contributed by atoms with Gasteiger partial charge in [0.1, 0.15) is 22.8 Å². The molecule has 3 aromatic carbocycles. The van der Waals surface area contributed by atoms with E-state index in [1.807, 2.05) is 19.1 Å². The number of rotatable bonds is 14. The fraction of sp³-hybridized carbons (Fsp3) is 0.500. The summed E-state index contributed by atoms with van der Waals surface area (Å²) in [7, 11) is -4.57. The molecule has 362 valence electrons. The molecule has 4 aliphatic rings. The van der Waals surface area contributed by atoms with Crippen LogP contribution in [0.25, 0.3) is 11.0 Å². The number of nitrogens with zero attached hydrogens (tertiary/aromatic N) is 5. The van der Waals surface area contributed by atoms with Crippen LogP contribution in [0.2, 0.25) is 0 Å². The van der Waals surface area contributed by atoms with Crippen molar-refractivity contribution < 1.29 is 28.0 Å². The largest absolute Gasteiger partial charge is 0.455 e. The van der Waals surface area contributed by atoms with Crippen LogP contribution >= 0.6 is 0 Å². The van der Waals surface area contributed by atoms with Gasteiger partial charge in [-0.25, -0.2) is 18.1 Å². The molecule has 68 heavy (non-hydrogen) atoms. The number of ether oxygens (including phenoxy) is 1. The number of piperazine rings is 1. The number of pyridine rings is 1. The molecular weight excluding hydrogens is 881 g/mol. The average Bonchev–Trinajstić information content (AvgIpc) is 3.78. The highest BCUT2D eigenvalue weighted by Crippen LogP contribution is 2.53. The highest BCUT2D eigenvalue weighted by molar-refractivity contribution is 7.90. The van der Waals surface area contributed by atoms with E-state index in [0.29, 0.717) is 54.8 Å². The molecule has 0 radical (unpaired) electrons. The van der Waals surface area contributed by atoms with Gasteiger partial charge in [0.25, 0.3) is 21.6 Å². The first kappa shape index (κ1) is 47.5. The molecule has 4 fully saturated rings. The Bertz CT molecular complexity index is 2750. The van der Waals surface area contributed by atoms with Crippen LogP contribution in [-0.4, -0.2) is 101 Å². The zero-order valence-electron chi connectivity index (χ0n) is 39.9. The van der Waals surface area contributed by atoms with Gasteiger partial charge in [-0.1, -0.05) is 38.1 Å². The number of H-pyrrole nitrogens is 1. The van der Waals surface area contributed by atoms with E-state index in [4.69, 9.17) is 4.74 Å². The number of amides is 1. The first-order valence-electron chi connectivity index (χ1n) is 24.4. The van der Waals surface area contributed by atoms with Gasteiger partial charge in [-0.05, 0) is 137 Å². The van der Waals surface area contributed by atoms with Crippen molar-refractivity contribution >= 4 is 44.0 Å². The van der Waals surface area contributed by atoms with Crippen molar-refractivity contribution in [2.75, 3.05) is 49.5 Å². The van der Waals surface area contributed by atoms with E-state index in [-0.39, 0.29) is 28.3 Å². The number of piperidine rings is 1. The summed E-state index contributed by atoms with van der Waals surface area (Å²) < 4.78 is 36.1. The Hall–Kier alpha value is -5.55. The molecule has 2 saturated heterocycles. The summed E-state index contributed by atoms with van der Waals surface area (Å²) in [6.45, 7) is 16.3.